The van der Waals surface area contributed by atoms with E-state index in [1.807, 2.05) is 0 Å². The minimum Gasteiger partial charge on any atom is -0.494 e. The van der Waals surface area contributed by atoms with Crippen molar-refractivity contribution >= 4 is 11.6 Å². The highest BCUT2D eigenvalue weighted by Crippen LogP contribution is 2.32. The van der Waals surface area contributed by atoms with Crippen LogP contribution in [0.3, 0.4) is 0 Å². The zero-order valence-electron chi connectivity index (χ0n) is 9.96. The molecule has 0 aliphatic carbocycles. The van der Waals surface area contributed by atoms with Crippen molar-refractivity contribution < 1.29 is 17.9 Å². The van der Waals surface area contributed by atoms with Crippen molar-refractivity contribution in [1.29, 1.82) is 0 Å². The van der Waals surface area contributed by atoms with Gasteiger partial charge in [0.25, 0.3) is 0 Å². The van der Waals surface area contributed by atoms with Crippen molar-refractivity contribution in [3.05, 3.63) is 65.0 Å². The van der Waals surface area contributed by atoms with Gasteiger partial charge in [0.05, 0.1) is 12.5 Å². The Hall–Kier alpha value is -1.68. The quantitative estimate of drug-likeness (QED) is 0.758. The molecule has 100 valence electrons. The first-order chi connectivity index (χ1) is 9.02. The van der Waals surface area contributed by atoms with Gasteiger partial charge in [0.1, 0.15) is 11.6 Å². The zero-order valence-corrected chi connectivity index (χ0v) is 10.7. The molecular weight excluding hydrogens is 277 g/mol. The molecule has 0 aliphatic rings. The first-order valence-corrected chi connectivity index (χ1v) is 5.89. The van der Waals surface area contributed by atoms with Crippen LogP contribution in [-0.2, 0) is 0 Å². The second kappa shape index (κ2) is 5.53. The number of halogens is 4. The third-order valence-corrected chi connectivity index (χ3v) is 3.19. The maximum Gasteiger partial charge on any atom is 0.165 e. The molecule has 0 aromatic heterocycles. The van der Waals surface area contributed by atoms with Gasteiger partial charge in [-0.1, -0.05) is 12.1 Å². The van der Waals surface area contributed by atoms with Gasteiger partial charge >= 0.3 is 0 Å². The van der Waals surface area contributed by atoms with Crippen molar-refractivity contribution in [2.24, 2.45) is 0 Å². The molecule has 0 fully saturated rings. The van der Waals surface area contributed by atoms with Crippen molar-refractivity contribution in [3.63, 3.8) is 0 Å². The molecule has 2 rings (SSSR count). The highest BCUT2D eigenvalue weighted by Gasteiger charge is 2.17. The van der Waals surface area contributed by atoms with E-state index < -0.39 is 22.8 Å². The van der Waals surface area contributed by atoms with E-state index in [1.54, 1.807) is 0 Å². The Balaban J connectivity index is 2.38. The van der Waals surface area contributed by atoms with Gasteiger partial charge in [0, 0.05) is 11.6 Å². The van der Waals surface area contributed by atoms with Crippen LogP contribution in [0, 0.1) is 17.5 Å². The average Bonchev–Trinajstić information content (AvgIpc) is 2.38. The maximum atomic E-state index is 13.6. The molecule has 0 radical (unpaired) electrons. The summed E-state index contributed by atoms with van der Waals surface area (Å²) in [4.78, 5) is 0. The topological polar surface area (TPSA) is 9.23 Å². The van der Waals surface area contributed by atoms with Crippen molar-refractivity contribution in [2.75, 3.05) is 7.11 Å². The van der Waals surface area contributed by atoms with Gasteiger partial charge < -0.3 is 4.74 Å². The average molecular weight is 287 g/mol. The summed E-state index contributed by atoms with van der Waals surface area (Å²) in [6, 6.07) is 7.19. The van der Waals surface area contributed by atoms with E-state index >= 15 is 0 Å². The Bertz CT molecular complexity index is 601. The van der Waals surface area contributed by atoms with Crippen LogP contribution in [0.1, 0.15) is 16.5 Å². The van der Waals surface area contributed by atoms with E-state index in [-0.39, 0.29) is 11.3 Å². The van der Waals surface area contributed by atoms with Gasteiger partial charge in [-0.3, -0.25) is 0 Å². The molecule has 19 heavy (non-hydrogen) atoms. The van der Waals surface area contributed by atoms with E-state index in [0.29, 0.717) is 5.56 Å². The van der Waals surface area contributed by atoms with E-state index in [1.165, 1.54) is 31.4 Å². The molecular formula is C14H10ClF3O. The molecule has 0 heterocycles. The molecule has 0 saturated carbocycles. The summed E-state index contributed by atoms with van der Waals surface area (Å²) in [5.74, 6) is -1.97. The predicted molar refractivity (Wildman–Crippen MR) is 67.0 cm³/mol. The van der Waals surface area contributed by atoms with Crippen molar-refractivity contribution in [2.45, 2.75) is 5.38 Å². The Morgan fingerprint density at radius 2 is 1.74 bits per heavy atom. The van der Waals surface area contributed by atoms with Crippen LogP contribution in [0.4, 0.5) is 13.2 Å². The van der Waals surface area contributed by atoms with Crippen LogP contribution in [0.25, 0.3) is 0 Å². The summed E-state index contributed by atoms with van der Waals surface area (Å²) in [5.41, 5.74) is 0.457. The molecule has 0 bridgehead atoms. The van der Waals surface area contributed by atoms with Crippen LogP contribution >= 0.6 is 11.6 Å². The molecule has 2 aromatic rings. The molecule has 0 aliphatic heterocycles. The number of benzene rings is 2. The van der Waals surface area contributed by atoms with E-state index in [0.717, 1.165) is 12.1 Å². The maximum absolute atomic E-state index is 13.6. The molecule has 5 heteroatoms. The monoisotopic (exact) mass is 286 g/mol. The second-order valence-electron chi connectivity index (χ2n) is 3.92. The summed E-state index contributed by atoms with van der Waals surface area (Å²) >= 11 is 6.09. The molecule has 1 atom stereocenters. The summed E-state index contributed by atoms with van der Waals surface area (Å²) in [6.07, 6.45) is 0. The van der Waals surface area contributed by atoms with Gasteiger partial charge in [0.15, 0.2) is 11.6 Å². The first-order valence-electron chi connectivity index (χ1n) is 5.45. The molecule has 1 unspecified atom stereocenters. The lowest BCUT2D eigenvalue weighted by Crippen LogP contribution is -1.99. The SMILES string of the molecule is COc1ccc(C(Cl)c2ccc(F)cc2F)cc1F. The summed E-state index contributed by atoms with van der Waals surface area (Å²) in [7, 11) is 1.34. The zero-order chi connectivity index (χ0) is 14.0. The van der Waals surface area contributed by atoms with E-state index in [2.05, 4.69) is 0 Å². The highest BCUT2D eigenvalue weighted by atomic mass is 35.5. The summed E-state index contributed by atoms with van der Waals surface area (Å²) < 4.78 is 44.7. The molecule has 0 saturated heterocycles. The number of hydrogen-bond acceptors (Lipinski definition) is 1. The lowest BCUT2D eigenvalue weighted by atomic mass is 10.0. The van der Waals surface area contributed by atoms with Gasteiger partial charge in [0.2, 0.25) is 0 Å². The van der Waals surface area contributed by atoms with Crippen molar-refractivity contribution in [3.8, 4) is 5.75 Å². The molecule has 0 spiro atoms. The summed E-state index contributed by atoms with van der Waals surface area (Å²) in [6.45, 7) is 0. The predicted octanol–water partition coefficient (Wildman–Crippen LogP) is 4.44. The van der Waals surface area contributed by atoms with E-state index in [9.17, 15) is 13.2 Å². The lowest BCUT2D eigenvalue weighted by molar-refractivity contribution is 0.386. The third-order valence-electron chi connectivity index (χ3n) is 2.70. The number of ether oxygens (including phenoxy) is 1. The largest absolute Gasteiger partial charge is 0.494 e. The van der Waals surface area contributed by atoms with Gasteiger partial charge in [-0.15, -0.1) is 11.6 Å². The van der Waals surface area contributed by atoms with E-state index in [4.69, 9.17) is 16.3 Å². The number of rotatable bonds is 3. The molecule has 0 amide bonds. The Morgan fingerprint density at radius 1 is 1.00 bits per heavy atom. The Kier molecular flexibility index (Phi) is 4.00. The van der Waals surface area contributed by atoms with Crippen LogP contribution in [0.15, 0.2) is 36.4 Å². The first kappa shape index (κ1) is 13.7. The van der Waals surface area contributed by atoms with Crippen molar-refractivity contribution in [1.82, 2.24) is 0 Å². The van der Waals surface area contributed by atoms with Gasteiger partial charge in [-0.2, -0.15) is 0 Å². The number of alkyl halides is 1. The molecule has 0 N–H and O–H groups in total. The second-order valence-corrected chi connectivity index (χ2v) is 4.36. The van der Waals surface area contributed by atoms with Crippen LogP contribution in [0.5, 0.6) is 5.75 Å². The van der Waals surface area contributed by atoms with Gasteiger partial charge in [-0.05, 0) is 23.8 Å². The number of hydrogen-bond donors (Lipinski definition) is 0. The van der Waals surface area contributed by atoms with Crippen LogP contribution in [-0.4, -0.2) is 7.11 Å². The fourth-order valence-corrected chi connectivity index (χ4v) is 2.04. The molecule has 2 aromatic carbocycles. The normalized spacial score (nSPS) is 12.3. The third kappa shape index (κ3) is 2.84. The Morgan fingerprint density at radius 3 is 2.32 bits per heavy atom. The fourth-order valence-electron chi connectivity index (χ4n) is 1.73. The van der Waals surface area contributed by atoms with Crippen LogP contribution in [0.2, 0.25) is 0 Å². The number of methoxy groups -OCH3 is 1. The van der Waals surface area contributed by atoms with Crippen LogP contribution < -0.4 is 4.74 Å². The summed E-state index contributed by atoms with van der Waals surface area (Å²) in [5, 5.41) is -0.902. The fraction of sp³-hybridized carbons (Fsp3) is 0.143. The molecule has 1 nitrogen and oxygen atoms in total. The standard InChI is InChI=1S/C14H10ClF3O/c1-19-13-5-2-8(6-12(13)18)14(15)10-4-3-9(16)7-11(10)17/h2-7,14H,1H3. The minimum atomic E-state index is -0.902. The Labute approximate surface area is 113 Å². The minimum absolute atomic E-state index is 0.0761. The smallest absolute Gasteiger partial charge is 0.165 e. The lowest BCUT2D eigenvalue weighted by Gasteiger charge is -2.12. The van der Waals surface area contributed by atoms with Gasteiger partial charge in [-0.25, -0.2) is 13.2 Å². The highest BCUT2D eigenvalue weighted by molar-refractivity contribution is 6.22.